The van der Waals surface area contributed by atoms with E-state index in [0.29, 0.717) is 11.3 Å². The summed E-state index contributed by atoms with van der Waals surface area (Å²) >= 11 is 0. The fourth-order valence-electron chi connectivity index (χ4n) is 3.61. The van der Waals surface area contributed by atoms with E-state index in [1.807, 2.05) is 0 Å². The minimum Gasteiger partial charge on any atom is -0.399 e. The Morgan fingerprint density at radius 3 is 1.50 bits per heavy atom. The number of amides is 1. The van der Waals surface area contributed by atoms with Crippen LogP contribution in [-0.2, 0) is 0 Å². The Hall–Kier alpha value is -1.51. The largest absolute Gasteiger partial charge is 0.399 e. The third-order valence-corrected chi connectivity index (χ3v) is 5.49. The van der Waals surface area contributed by atoms with Gasteiger partial charge in [0, 0.05) is 17.8 Å². The van der Waals surface area contributed by atoms with Crippen LogP contribution in [0.15, 0.2) is 24.3 Å². The van der Waals surface area contributed by atoms with Crippen LogP contribution >= 0.6 is 0 Å². The molecule has 0 unspecified atom stereocenters. The quantitative estimate of drug-likeness (QED) is 0.205. The van der Waals surface area contributed by atoms with Crippen LogP contribution in [0.3, 0.4) is 0 Å². The van der Waals surface area contributed by atoms with Gasteiger partial charge in [0.05, 0.1) is 0 Å². The normalized spacial score (nSPS) is 10.9. The molecule has 0 saturated carbocycles. The maximum Gasteiger partial charge on any atom is 0.251 e. The van der Waals surface area contributed by atoms with Crippen molar-refractivity contribution < 1.29 is 4.79 Å². The van der Waals surface area contributed by atoms with Crippen molar-refractivity contribution in [1.29, 1.82) is 0 Å². The highest BCUT2D eigenvalue weighted by Crippen LogP contribution is 2.13. The Labute approximate surface area is 173 Å². The molecule has 3 N–H and O–H groups in total. The van der Waals surface area contributed by atoms with Crippen LogP contribution in [0.25, 0.3) is 0 Å². The van der Waals surface area contributed by atoms with Gasteiger partial charge in [-0.2, -0.15) is 0 Å². The molecule has 28 heavy (non-hydrogen) atoms. The molecule has 0 aliphatic carbocycles. The smallest absolute Gasteiger partial charge is 0.251 e. The molecule has 0 fully saturated rings. The van der Waals surface area contributed by atoms with Crippen molar-refractivity contribution in [2.24, 2.45) is 0 Å². The summed E-state index contributed by atoms with van der Waals surface area (Å²) in [5.74, 6) is 0.000888. The molecule has 3 heteroatoms. The van der Waals surface area contributed by atoms with E-state index in [2.05, 4.69) is 12.2 Å². The van der Waals surface area contributed by atoms with Crippen molar-refractivity contribution >= 4 is 11.6 Å². The van der Waals surface area contributed by atoms with Crippen LogP contribution in [0.2, 0.25) is 0 Å². The summed E-state index contributed by atoms with van der Waals surface area (Å²) < 4.78 is 0. The standard InChI is InChI=1S/C25H44N2O/c1-2-3-4-5-6-7-8-9-10-11-12-13-14-15-16-17-22-27-25(28)23-18-20-24(26)21-19-23/h18-21H,2-17,22,26H2,1H3,(H,27,28). The van der Waals surface area contributed by atoms with Crippen molar-refractivity contribution in [3.63, 3.8) is 0 Å². The second-order valence-corrected chi connectivity index (χ2v) is 8.18. The van der Waals surface area contributed by atoms with Gasteiger partial charge < -0.3 is 11.1 Å². The third kappa shape index (κ3) is 13.6. The first-order valence-corrected chi connectivity index (χ1v) is 11.9. The molecule has 160 valence electrons. The first kappa shape index (κ1) is 24.5. The van der Waals surface area contributed by atoms with Gasteiger partial charge in [-0.05, 0) is 30.7 Å². The number of nitrogens with one attached hydrogen (secondary N) is 1. The lowest BCUT2D eigenvalue weighted by atomic mass is 10.0. The molecule has 0 radical (unpaired) electrons. The van der Waals surface area contributed by atoms with Gasteiger partial charge in [0.25, 0.3) is 5.91 Å². The van der Waals surface area contributed by atoms with Gasteiger partial charge in [0.1, 0.15) is 0 Å². The van der Waals surface area contributed by atoms with Crippen molar-refractivity contribution in [1.82, 2.24) is 5.32 Å². The van der Waals surface area contributed by atoms with E-state index in [0.717, 1.165) is 13.0 Å². The van der Waals surface area contributed by atoms with Crippen molar-refractivity contribution in [3.8, 4) is 0 Å². The van der Waals surface area contributed by atoms with Gasteiger partial charge in [-0.1, -0.05) is 103 Å². The number of carbonyl (C=O) groups excluding carboxylic acids is 1. The predicted octanol–water partition coefficient (Wildman–Crippen LogP) is 7.26. The number of carbonyl (C=O) groups is 1. The predicted molar refractivity (Wildman–Crippen MR) is 123 cm³/mol. The summed E-state index contributed by atoms with van der Waals surface area (Å²) in [6.45, 7) is 3.05. The highest BCUT2D eigenvalue weighted by atomic mass is 16.1. The Kier molecular flexibility index (Phi) is 15.4. The highest BCUT2D eigenvalue weighted by molar-refractivity contribution is 5.94. The average molecular weight is 389 g/mol. The Balaban J connectivity index is 1.78. The van der Waals surface area contributed by atoms with E-state index in [1.54, 1.807) is 24.3 Å². The summed E-state index contributed by atoms with van der Waals surface area (Å²) in [6.07, 6.45) is 21.9. The molecule has 0 bridgehead atoms. The summed E-state index contributed by atoms with van der Waals surface area (Å²) in [4.78, 5) is 12.0. The molecule has 0 heterocycles. The zero-order valence-electron chi connectivity index (χ0n) is 18.3. The Morgan fingerprint density at radius 2 is 1.07 bits per heavy atom. The maximum atomic E-state index is 12.0. The molecule has 0 aromatic heterocycles. The minimum atomic E-state index is 0.000888. The van der Waals surface area contributed by atoms with Gasteiger partial charge in [-0.3, -0.25) is 4.79 Å². The number of rotatable bonds is 18. The first-order valence-electron chi connectivity index (χ1n) is 11.9. The Morgan fingerprint density at radius 1 is 0.679 bits per heavy atom. The monoisotopic (exact) mass is 388 g/mol. The van der Waals surface area contributed by atoms with Gasteiger partial charge in [-0.25, -0.2) is 0 Å². The number of nitrogen functional groups attached to an aromatic ring is 1. The van der Waals surface area contributed by atoms with Crippen LogP contribution in [0, 0.1) is 0 Å². The van der Waals surface area contributed by atoms with Crippen LogP contribution in [0.1, 0.15) is 120 Å². The maximum absolute atomic E-state index is 12.0. The number of hydrogen-bond donors (Lipinski definition) is 2. The second kappa shape index (κ2) is 17.6. The van der Waals surface area contributed by atoms with Crippen LogP contribution in [0.4, 0.5) is 5.69 Å². The van der Waals surface area contributed by atoms with E-state index in [-0.39, 0.29) is 5.91 Å². The number of nitrogens with two attached hydrogens (primary N) is 1. The fraction of sp³-hybridized carbons (Fsp3) is 0.720. The molecule has 0 aliphatic heterocycles. The lowest BCUT2D eigenvalue weighted by molar-refractivity contribution is 0.0953. The van der Waals surface area contributed by atoms with E-state index < -0.39 is 0 Å². The first-order chi connectivity index (χ1) is 13.7. The van der Waals surface area contributed by atoms with Gasteiger partial charge in [0.2, 0.25) is 0 Å². The number of unbranched alkanes of at least 4 members (excludes halogenated alkanes) is 15. The highest BCUT2D eigenvalue weighted by Gasteiger charge is 2.03. The molecular formula is C25H44N2O. The van der Waals surface area contributed by atoms with Gasteiger partial charge in [-0.15, -0.1) is 0 Å². The minimum absolute atomic E-state index is 0.000888. The van der Waals surface area contributed by atoms with Crippen molar-refractivity contribution in [2.75, 3.05) is 12.3 Å². The molecule has 1 rings (SSSR count). The van der Waals surface area contributed by atoms with E-state index >= 15 is 0 Å². The van der Waals surface area contributed by atoms with E-state index in [1.165, 1.54) is 96.3 Å². The third-order valence-electron chi connectivity index (χ3n) is 5.49. The van der Waals surface area contributed by atoms with Gasteiger partial charge >= 0.3 is 0 Å². The molecular weight excluding hydrogens is 344 g/mol. The lowest BCUT2D eigenvalue weighted by Gasteiger charge is -2.06. The van der Waals surface area contributed by atoms with Crippen molar-refractivity contribution in [3.05, 3.63) is 29.8 Å². The SMILES string of the molecule is CCCCCCCCCCCCCCCCCCNC(=O)c1ccc(N)cc1. The van der Waals surface area contributed by atoms with E-state index in [9.17, 15) is 4.79 Å². The van der Waals surface area contributed by atoms with E-state index in [4.69, 9.17) is 5.73 Å². The molecule has 0 aliphatic rings. The van der Waals surface area contributed by atoms with Crippen molar-refractivity contribution in [2.45, 2.75) is 110 Å². The summed E-state index contributed by atoms with van der Waals surface area (Å²) in [6, 6.07) is 7.09. The fourth-order valence-corrected chi connectivity index (χ4v) is 3.61. The van der Waals surface area contributed by atoms with Gasteiger partial charge in [0.15, 0.2) is 0 Å². The molecule has 0 saturated heterocycles. The molecule has 0 spiro atoms. The van der Waals surface area contributed by atoms with Crippen LogP contribution < -0.4 is 11.1 Å². The lowest BCUT2D eigenvalue weighted by Crippen LogP contribution is -2.24. The molecule has 1 aromatic rings. The average Bonchev–Trinajstić information content (AvgIpc) is 2.70. The second-order valence-electron chi connectivity index (χ2n) is 8.18. The molecule has 0 atom stereocenters. The van der Waals surface area contributed by atoms with Crippen LogP contribution in [-0.4, -0.2) is 12.5 Å². The molecule has 1 amide bonds. The summed E-state index contributed by atoms with van der Waals surface area (Å²) in [5.41, 5.74) is 7.01. The summed E-state index contributed by atoms with van der Waals surface area (Å²) in [5, 5.41) is 2.99. The topological polar surface area (TPSA) is 55.1 Å². The number of benzene rings is 1. The molecule has 3 nitrogen and oxygen atoms in total. The zero-order chi connectivity index (χ0) is 20.3. The number of hydrogen-bond acceptors (Lipinski definition) is 2. The number of anilines is 1. The zero-order valence-corrected chi connectivity index (χ0v) is 18.3. The molecule has 1 aromatic carbocycles. The summed E-state index contributed by atoms with van der Waals surface area (Å²) in [7, 11) is 0. The van der Waals surface area contributed by atoms with Crippen LogP contribution in [0.5, 0.6) is 0 Å². The Bertz CT molecular complexity index is 484.